The summed E-state index contributed by atoms with van der Waals surface area (Å²) in [5, 5.41) is 5.86. The largest absolute Gasteiger partial charge is 0.466 e. The first-order chi connectivity index (χ1) is 8.01. The normalized spacial score (nSPS) is 13.9. The van der Waals surface area contributed by atoms with Gasteiger partial charge in [-0.3, -0.25) is 9.59 Å². The molecule has 0 saturated carbocycles. The van der Waals surface area contributed by atoms with E-state index in [4.69, 9.17) is 4.74 Å². The number of nitrogens with one attached hydrogen (secondary N) is 2. The molecule has 1 amide bonds. The van der Waals surface area contributed by atoms with Crippen LogP contribution < -0.4 is 10.6 Å². The standard InChI is InChI=1S/C12H24N2O3/c1-5-7-13-12(16)10(4)14-9(3)8-11(15)17-6-2/h9-10,14H,5-8H2,1-4H3,(H,13,16). The van der Waals surface area contributed by atoms with Crippen molar-refractivity contribution in [3.63, 3.8) is 0 Å². The van der Waals surface area contributed by atoms with E-state index < -0.39 is 0 Å². The summed E-state index contributed by atoms with van der Waals surface area (Å²) in [7, 11) is 0. The Bertz CT molecular complexity index is 244. The van der Waals surface area contributed by atoms with Crippen LogP contribution in [-0.4, -0.2) is 37.1 Å². The van der Waals surface area contributed by atoms with Crippen molar-refractivity contribution < 1.29 is 14.3 Å². The van der Waals surface area contributed by atoms with E-state index in [-0.39, 0.29) is 30.4 Å². The molecule has 0 fully saturated rings. The quantitative estimate of drug-likeness (QED) is 0.621. The molecule has 0 bridgehead atoms. The van der Waals surface area contributed by atoms with Gasteiger partial charge in [0.2, 0.25) is 5.91 Å². The molecule has 0 saturated heterocycles. The molecule has 5 nitrogen and oxygen atoms in total. The van der Waals surface area contributed by atoms with Gasteiger partial charge in [0.25, 0.3) is 0 Å². The van der Waals surface area contributed by atoms with E-state index in [1.54, 1.807) is 13.8 Å². The van der Waals surface area contributed by atoms with Crippen LogP contribution in [0.15, 0.2) is 0 Å². The Morgan fingerprint density at radius 3 is 2.41 bits per heavy atom. The molecule has 0 radical (unpaired) electrons. The zero-order valence-corrected chi connectivity index (χ0v) is 11.2. The summed E-state index contributed by atoms with van der Waals surface area (Å²) in [6.45, 7) is 8.49. The van der Waals surface area contributed by atoms with Crippen LogP contribution in [0.25, 0.3) is 0 Å². The van der Waals surface area contributed by atoms with E-state index in [9.17, 15) is 9.59 Å². The van der Waals surface area contributed by atoms with Crippen molar-refractivity contribution in [3.8, 4) is 0 Å². The van der Waals surface area contributed by atoms with Gasteiger partial charge in [-0.25, -0.2) is 0 Å². The van der Waals surface area contributed by atoms with Gasteiger partial charge in [-0.15, -0.1) is 0 Å². The first-order valence-electron chi connectivity index (χ1n) is 6.20. The number of ether oxygens (including phenoxy) is 1. The lowest BCUT2D eigenvalue weighted by Gasteiger charge is -2.18. The number of esters is 1. The van der Waals surface area contributed by atoms with Gasteiger partial charge < -0.3 is 15.4 Å². The molecule has 0 aliphatic carbocycles. The summed E-state index contributed by atoms with van der Waals surface area (Å²) in [6.07, 6.45) is 1.19. The minimum absolute atomic E-state index is 0.0393. The number of rotatable bonds is 8. The number of hydrogen-bond acceptors (Lipinski definition) is 4. The highest BCUT2D eigenvalue weighted by atomic mass is 16.5. The maximum atomic E-state index is 11.6. The highest BCUT2D eigenvalue weighted by Crippen LogP contribution is 1.96. The molecule has 0 aliphatic heterocycles. The van der Waals surface area contributed by atoms with Crippen molar-refractivity contribution in [1.29, 1.82) is 0 Å². The number of amides is 1. The van der Waals surface area contributed by atoms with Gasteiger partial charge in [-0.2, -0.15) is 0 Å². The molecule has 0 aromatic carbocycles. The summed E-state index contributed by atoms with van der Waals surface area (Å²) in [5.41, 5.74) is 0. The molecule has 17 heavy (non-hydrogen) atoms. The maximum Gasteiger partial charge on any atom is 0.307 e. The zero-order valence-electron chi connectivity index (χ0n) is 11.2. The highest BCUT2D eigenvalue weighted by Gasteiger charge is 2.16. The second-order valence-electron chi connectivity index (χ2n) is 4.09. The van der Waals surface area contributed by atoms with Crippen LogP contribution in [0.4, 0.5) is 0 Å². The van der Waals surface area contributed by atoms with Crippen LogP contribution >= 0.6 is 0 Å². The number of carbonyl (C=O) groups is 2. The molecular weight excluding hydrogens is 220 g/mol. The molecule has 0 aromatic heterocycles. The Hall–Kier alpha value is -1.10. The Balaban J connectivity index is 3.89. The van der Waals surface area contributed by atoms with Crippen molar-refractivity contribution in [2.75, 3.05) is 13.2 Å². The van der Waals surface area contributed by atoms with E-state index in [1.807, 2.05) is 13.8 Å². The molecule has 5 heteroatoms. The average molecular weight is 244 g/mol. The maximum absolute atomic E-state index is 11.6. The molecule has 0 aliphatic rings. The fraction of sp³-hybridized carbons (Fsp3) is 0.833. The van der Waals surface area contributed by atoms with E-state index >= 15 is 0 Å². The van der Waals surface area contributed by atoms with Crippen LogP contribution in [0.5, 0.6) is 0 Å². The predicted molar refractivity (Wildman–Crippen MR) is 66.6 cm³/mol. The molecule has 0 heterocycles. The first-order valence-corrected chi connectivity index (χ1v) is 6.20. The topological polar surface area (TPSA) is 67.4 Å². The van der Waals surface area contributed by atoms with Crippen LogP contribution in [0, 0.1) is 0 Å². The van der Waals surface area contributed by atoms with Gasteiger partial charge in [-0.1, -0.05) is 6.92 Å². The Kier molecular flexibility index (Phi) is 8.40. The smallest absolute Gasteiger partial charge is 0.307 e. The minimum Gasteiger partial charge on any atom is -0.466 e. The van der Waals surface area contributed by atoms with Crippen molar-refractivity contribution in [2.24, 2.45) is 0 Å². The summed E-state index contributed by atoms with van der Waals surface area (Å²) in [4.78, 5) is 22.8. The monoisotopic (exact) mass is 244 g/mol. The third-order valence-electron chi connectivity index (χ3n) is 2.26. The second-order valence-corrected chi connectivity index (χ2v) is 4.09. The Morgan fingerprint density at radius 1 is 1.24 bits per heavy atom. The van der Waals surface area contributed by atoms with Crippen molar-refractivity contribution in [2.45, 2.75) is 52.6 Å². The Morgan fingerprint density at radius 2 is 1.88 bits per heavy atom. The minimum atomic E-state index is -0.300. The highest BCUT2D eigenvalue weighted by molar-refractivity contribution is 5.81. The predicted octanol–water partition coefficient (Wildman–Crippen LogP) is 0.832. The van der Waals surface area contributed by atoms with Crippen LogP contribution in [0.3, 0.4) is 0 Å². The van der Waals surface area contributed by atoms with Crippen molar-refractivity contribution in [3.05, 3.63) is 0 Å². The van der Waals surface area contributed by atoms with Gasteiger partial charge in [0.1, 0.15) is 0 Å². The third-order valence-corrected chi connectivity index (χ3v) is 2.26. The van der Waals surface area contributed by atoms with Gasteiger partial charge in [0.05, 0.1) is 19.1 Å². The Labute approximate surface area is 103 Å². The first kappa shape index (κ1) is 15.9. The van der Waals surface area contributed by atoms with E-state index in [0.717, 1.165) is 6.42 Å². The van der Waals surface area contributed by atoms with Crippen LogP contribution in [0.1, 0.15) is 40.5 Å². The van der Waals surface area contributed by atoms with Crippen molar-refractivity contribution in [1.82, 2.24) is 10.6 Å². The van der Waals surface area contributed by atoms with Crippen molar-refractivity contribution >= 4 is 11.9 Å². The molecule has 2 atom stereocenters. The molecule has 0 spiro atoms. The molecule has 2 N–H and O–H groups in total. The molecule has 2 unspecified atom stereocenters. The van der Waals surface area contributed by atoms with Crippen LogP contribution in [-0.2, 0) is 14.3 Å². The van der Waals surface area contributed by atoms with Gasteiger partial charge in [-0.05, 0) is 27.2 Å². The summed E-state index contributed by atoms with van der Waals surface area (Å²) in [6, 6.07) is -0.373. The molecule has 0 rings (SSSR count). The lowest BCUT2D eigenvalue weighted by molar-refractivity contribution is -0.143. The van der Waals surface area contributed by atoms with E-state index in [1.165, 1.54) is 0 Å². The van der Waals surface area contributed by atoms with Gasteiger partial charge in [0.15, 0.2) is 0 Å². The molecule has 100 valence electrons. The van der Waals surface area contributed by atoms with E-state index in [0.29, 0.717) is 13.2 Å². The summed E-state index contributed by atoms with van der Waals surface area (Å²) < 4.78 is 4.84. The SMILES string of the molecule is CCCNC(=O)C(C)NC(C)CC(=O)OCC. The average Bonchev–Trinajstić information content (AvgIpc) is 2.25. The van der Waals surface area contributed by atoms with Gasteiger partial charge >= 0.3 is 5.97 Å². The van der Waals surface area contributed by atoms with E-state index in [2.05, 4.69) is 10.6 Å². The van der Waals surface area contributed by atoms with Gasteiger partial charge in [0, 0.05) is 12.6 Å². The lowest BCUT2D eigenvalue weighted by atomic mass is 10.2. The lowest BCUT2D eigenvalue weighted by Crippen LogP contribution is -2.46. The number of hydrogen-bond donors (Lipinski definition) is 2. The number of carbonyl (C=O) groups excluding carboxylic acids is 2. The fourth-order valence-electron chi connectivity index (χ4n) is 1.43. The zero-order chi connectivity index (χ0) is 13.3. The third kappa shape index (κ3) is 7.74. The molecular formula is C12H24N2O3. The summed E-state index contributed by atoms with van der Waals surface area (Å²) >= 11 is 0. The fourth-order valence-corrected chi connectivity index (χ4v) is 1.43. The van der Waals surface area contributed by atoms with Crippen LogP contribution in [0.2, 0.25) is 0 Å². The second kappa shape index (κ2) is 8.98. The molecule has 0 aromatic rings. The summed E-state index contributed by atoms with van der Waals surface area (Å²) in [5.74, 6) is -0.281.